The van der Waals surface area contributed by atoms with Crippen LogP contribution in [0.2, 0.25) is 0 Å². The van der Waals surface area contributed by atoms with Gasteiger partial charge in [-0.05, 0) is 44.2 Å². The number of H-pyrrole nitrogens is 1. The zero-order valence-electron chi connectivity index (χ0n) is 15.5. The first-order chi connectivity index (χ1) is 12.5. The fraction of sp³-hybridized carbons (Fsp3) is 0.500. The first-order valence-electron chi connectivity index (χ1n) is 9.33. The highest BCUT2D eigenvalue weighted by molar-refractivity contribution is 5.83. The quantitative estimate of drug-likeness (QED) is 0.806. The molecule has 0 aliphatic carbocycles. The Bertz CT molecular complexity index is 761. The number of nitrogens with zero attached hydrogens (tertiary/aromatic N) is 1. The Morgan fingerprint density at radius 1 is 1.27 bits per heavy atom. The maximum absolute atomic E-state index is 12.3. The number of amides is 2. The maximum Gasteiger partial charge on any atom is 0.317 e. The Morgan fingerprint density at radius 2 is 2.00 bits per heavy atom. The van der Waals surface area contributed by atoms with Gasteiger partial charge in [-0.25, -0.2) is 4.79 Å². The van der Waals surface area contributed by atoms with Gasteiger partial charge in [-0.1, -0.05) is 18.2 Å². The first-order valence-corrected chi connectivity index (χ1v) is 9.33. The van der Waals surface area contributed by atoms with E-state index in [1.807, 2.05) is 24.8 Å². The van der Waals surface area contributed by atoms with E-state index in [9.17, 15) is 9.59 Å². The largest absolute Gasteiger partial charge is 0.463 e. The summed E-state index contributed by atoms with van der Waals surface area (Å²) in [6.45, 7) is 5.40. The number of benzene rings is 1. The van der Waals surface area contributed by atoms with E-state index in [1.54, 1.807) is 0 Å². The number of ether oxygens (including phenoxy) is 1. The van der Waals surface area contributed by atoms with E-state index in [2.05, 4.69) is 34.7 Å². The minimum atomic E-state index is -0.279. The summed E-state index contributed by atoms with van der Waals surface area (Å²) in [5.74, 6) is 0.189. The van der Waals surface area contributed by atoms with E-state index in [4.69, 9.17) is 4.74 Å². The lowest BCUT2D eigenvalue weighted by Gasteiger charge is -2.32. The summed E-state index contributed by atoms with van der Waals surface area (Å²) in [5.41, 5.74) is 2.51. The number of nitrogens with one attached hydrogen (secondary N) is 2. The standard InChI is InChI=1S/C20H27N3O3/c1-14(2)26-19(24)7-10-21-20(25)23-11-8-15(9-12-23)17-13-22-18-6-4-3-5-16(17)18/h3-6,13-15,22H,7-12H2,1-2H3,(H,21,25). The minimum Gasteiger partial charge on any atom is -0.463 e. The van der Waals surface area contributed by atoms with Crippen LogP contribution >= 0.6 is 0 Å². The third-order valence-electron chi connectivity index (χ3n) is 4.82. The summed E-state index contributed by atoms with van der Waals surface area (Å²) in [4.78, 5) is 28.9. The molecule has 0 radical (unpaired) electrons. The predicted octanol–water partition coefficient (Wildman–Crippen LogP) is 3.40. The summed E-state index contributed by atoms with van der Waals surface area (Å²) in [6, 6.07) is 8.24. The number of likely N-dealkylation sites (tertiary alicyclic amines) is 1. The maximum atomic E-state index is 12.3. The molecular weight excluding hydrogens is 330 g/mol. The van der Waals surface area contributed by atoms with Gasteiger partial charge in [-0.15, -0.1) is 0 Å². The Hall–Kier alpha value is -2.50. The molecule has 1 aliphatic rings. The molecular formula is C20H27N3O3. The van der Waals surface area contributed by atoms with Crippen molar-refractivity contribution in [1.29, 1.82) is 0 Å². The molecule has 26 heavy (non-hydrogen) atoms. The van der Waals surface area contributed by atoms with E-state index in [-0.39, 0.29) is 24.5 Å². The highest BCUT2D eigenvalue weighted by Gasteiger charge is 2.25. The lowest BCUT2D eigenvalue weighted by atomic mass is 9.89. The lowest BCUT2D eigenvalue weighted by molar-refractivity contribution is -0.147. The summed E-state index contributed by atoms with van der Waals surface area (Å²) in [5, 5.41) is 4.09. The van der Waals surface area contributed by atoms with E-state index < -0.39 is 0 Å². The predicted molar refractivity (Wildman–Crippen MR) is 101 cm³/mol. The van der Waals surface area contributed by atoms with Crippen LogP contribution < -0.4 is 5.32 Å². The van der Waals surface area contributed by atoms with Crippen molar-refractivity contribution in [2.75, 3.05) is 19.6 Å². The molecule has 0 saturated carbocycles. The van der Waals surface area contributed by atoms with Gasteiger partial charge in [0.15, 0.2) is 0 Å². The van der Waals surface area contributed by atoms with Gasteiger partial charge in [0.25, 0.3) is 0 Å². The second-order valence-corrected chi connectivity index (χ2v) is 7.07. The Morgan fingerprint density at radius 3 is 2.73 bits per heavy atom. The van der Waals surface area contributed by atoms with Crippen molar-refractivity contribution in [2.45, 2.75) is 45.1 Å². The van der Waals surface area contributed by atoms with E-state index >= 15 is 0 Å². The highest BCUT2D eigenvalue weighted by atomic mass is 16.5. The number of urea groups is 1. The number of carbonyl (C=O) groups is 2. The fourth-order valence-electron chi connectivity index (χ4n) is 3.53. The van der Waals surface area contributed by atoms with Crippen LogP contribution in [0.4, 0.5) is 4.79 Å². The van der Waals surface area contributed by atoms with Crippen molar-refractivity contribution in [3.63, 3.8) is 0 Å². The third-order valence-corrected chi connectivity index (χ3v) is 4.82. The van der Waals surface area contributed by atoms with Crippen LogP contribution in [0.5, 0.6) is 0 Å². The number of esters is 1. The molecule has 2 heterocycles. The lowest BCUT2D eigenvalue weighted by Crippen LogP contribution is -2.44. The molecule has 1 aromatic heterocycles. The number of carbonyl (C=O) groups excluding carboxylic acids is 2. The SMILES string of the molecule is CC(C)OC(=O)CCNC(=O)N1CCC(c2c[nH]c3ccccc23)CC1. The van der Waals surface area contributed by atoms with Gasteiger partial charge >= 0.3 is 12.0 Å². The molecule has 0 spiro atoms. The average molecular weight is 357 g/mol. The molecule has 3 rings (SSSR count). The monoisotopic (exact) mass is 357 g/mol. The molecule has 1 aromatic carbocycles. The van der Waals surface area contributed by atoms with E-state index in [1.165, 1.54) is 10.9 Å². The number of fused-ring (bicyclic) bond motifs is 1. The second kappa shape index (κ2) is 8.25. The average Bonchev–Trinajstić information content (AvgIpc) is 3.05. The van der Waals surface area contributed by atoms with Crippen LogP contribution in [0.1, 0.15) is 44.6 Å². The molecule has 1 fully saturated rings. The van der Waals surface area contributed by atoms with Gasteiger partial charge in [-0.3, -0.25) is 4.79 Å². The van der Waals surface area contributed by atoms with Crippen LogP contribution in [0.15, 0.2) is 30.5 Å². The molecule has 1 aliphatic heterocycles. The van der Waals surface area contributed by atoms with Gasteiger partial charge in [-0.2, -0.15) is 0 Å². The summed E-state index contributed by atoms with van der Waals surface area (Å²) >= 11 is 0. The molecule has 140 valence electrons. The molecule has 6 nitrogen and oxygen atoms in total. The second-order valence-electron chi connectivity index (χ2n) is 7.07. The highest BCUT2D eigenvalue weighted by Crippen LogP contribution is 2.32. The molecule has 0 bridgehead atoms. The molecule has 0 atom stereocenters. The van der Waals surface area contributed by atoms with Crippen molar-refractivity contribution < 1.29 is 14.3 Å². The van der Waals surface area contributed by atoms with Crippen molar-refractivity contribution in [1.82, 2.24) is 15.2 Å². The van der Waals surface area contributed by atoms with Gasteiger partial charge in [0.05, 0.1) is 12.5 Å². The van der Waals surface area contributed by atoms with Crippen molar-refractivity contribution in [3.8, 4) is 0 Å². The third kappa shape index (κ3) is 4.36. The van der Waals surface area contributed by atoms with Gasteiger partial charge in [0, 0.05) is 36.7 Å². The smallest absolute Gasteiger partial charge is 0.317 e. The number of piperidine rings is 1. The number of para-hydroxylation sites is 1. The molecule has 0 unspecified atom stereocenters. The Kier molecular flexibility index (Phi) is 5.81. The number of hydrogen-bond donors (Lipinski definition) is 2. The first kappa shape index (κ1) is 18.3. The van der Waals surface area contributed by atoms with Crippen LogP contribution in [0.25, 0.3) is 10.9 Å². The number of aromatic amines is 1. The summed E-state index contributed by atoms with van der Waals surface area (Å²) < 4.78 is 5.06. The van der Waals surface area contributed by atoms with Gasteiger partial charge in [0.1, 0.15) is 0 Å². The van der Waals surface area contributed by atoms with Gasteiger partial charge in [0.2, 0.25) is 0 Å². The Labute approximate surface area is 153 Å². The van der Waals surface area contributed by atoms with E-state index in [0.29, 0.717) is 12.5 Å². The van der Waals surface area contributed by atoms with Crippen molar-refractivity contribution in [3.05, 3.63) is 36.0 Å². The summed E-state index contributed by atoms with van der Waals surface area (Å²) in [7, 11) is 0. The minimum absolute atomic E-state index is 0.0975. The van der Waals surface area contributed by atoms with Crippen molar-refractivity contribution >= 4 is 22.9 Å². The zero-order valence-corrected chi connectivity index (χ0v) is 15.5. The molecule has 2 amide bonds. The fourth-order valence-corrected chi connectivity index (χ4v) is 3.53. The summed E-state index contributed by atoms with van der Waals surface area (Å²) in [6.07, 6.45) is 4.08. The molecule has 2 N–H and O–H groups in total. The Balaban J connectivity index is 1.46. The van der Waals surface area contributed by atoms with Gasteiger partial charge < -0.3 is 19.9 Å². The molecule has 6 heteroatoms. The number of aromatic nitrogens is 1. The van der Waals surface area contributed by atoms with Crippen LogP contribution in [0.3, 0.4) is 0 Å². The van der Waals surface area contributed by atoms with Crippen LogP contribution in [0, 0.1) is 0 Å². The number of rotatable bonds is 5. The van der Waals surface area contributed by atoms with E-state index in [0.717, 1.165) is 31.4 Å². The molecule has 1 saturated heterocycles. The van der Waals surface area contributed by atoms with Crippen molar-refractivity contribution in [2.24, 2.45) is 0 Å². The molecule has 2 aromatic rings. The van der Waals surface area contributed by atoms with Crippen LogP contribution in [-0.4, -0.2) is 47.6 Å². The zero-order chi connectivity index (χ0) is 18.5. The number of hydrogen-bond acceptors (Lipinski definition) is 3. The topological polar surface area (TPSA) is 74.4 Å². The normalized spacial score (nSPS) is 15.4. The van der Waals surface area contributed by atoms with Crippen LogP contribution in [-0.2, 0) is 9.53 Å².